The van der Waals surface area contributed by atoms with Crippen molar-refractivity contribution in [3.8, 4) is 5.75 Å². The molecule has 1 saturated heterocycles. The standard InChI is InChI=1S/C26H30N4O4S/c1-16(2)24(28-25-19-6-4-5-7-23(19)35(32,33)29-25)26(31)30-12-10-17(11-13-30)21-15-27-22-9-8-18(34-3)14-20(21)22/h4-9,14-17,24,27H,10-13H2,1-3H3,(H,28,29)/t24-/m0/s1. The van der Waals surface area contributed by atoms with Gasteiger partial charge in [0, 0.05) is 35.8 Å². The quantitative estimate of drug-likeness (QED) is 0.565. The van der Waals surface area contributed by atoms with Crippen molar-refractivity contribution < 1.29 is 17.9 Å². The molecule has 1 aromatic heterocycles. The normalized spacial score (nSPS) is 19.7. The third-order valence-electron chi connectivity index (χ3n) is 6.98. The maximum Gasteiger partial charge on any atom is 0.263 e. The summed E-state index contributed by atoms with van der Waals surface area (Å²) in [6.45, 7) is 5.15. The van der Waals surface area contributed by atoms with Crippen LogP contribution in [0.5, 0.6) is 5.75 Å². The van der Waals surface area contributed by atoms with Crippen molar-refractivity contribution in [3.63, 3.8) is 0 Å². The van der Waals surface area contributed by atoms with Crippen LogP contribution in [0.3, 0.4) is 0 Å². The van der Waals surface area contributed by atoms with Gasteiger partial charge in [-0.3, -0.25) is 14.5 Å². The number of benzene rings is 2. The maximum absolute atomic E-state index is 13.5. The molecule has 2 aromatic carbocycles. The summed E-state index contributed by atoms with van der Waals surface area (Å²) in [7, 11) is -1.98. The van der Waals surface area contributed by atoms with Crippen LogP contribution in [0.4, 0.5) is 0 Å². The molecular formula is C26H30N4O4S. The van der Waals surface area contributed by atoms with Gasteiger partial charge in [-0.1, -0.05) is 26.0 Å². The monoisotopic (exact) mass is 494 g/mol. The number of H-pyrrole nitrogens is 1. The number of amides is 1. The highest BCUT2D eigenvalue weighted by Crippen LogP contribution is 2.35. The lowest BCUT2D eigenvalue weighted by atomic mass is 9.88. The van der Waals surface area contributed by atoms with E-state index in [1.807, 2.05) is 30.9 Å². The molecule has 35 heavy (non-hydrogen) atoms. The zero-order valence-corrected chi connectivity index (χ0v) is 20.9. The second-order valence-corrected chi connectivity index (χ2v) is 11.2. The van der Waals surface area contributed by atoms with Gasteiger partial charge in [0.15, 0.2) is 0 Å². The van der Waals surface area contributed by atoms with Crippen LogP contribution >= 0.6 is 0 Å². The lowest BCUT2D eigenvalue weighted by Gasteiger charge is -2.34. The average molecular weight is 495 g/mol. The van der Waals surface area contributed by atoms with E-state index in [2.05, 4.69) is 27.0 Å². The number of likely N-dealkylation sites (tertiary alicyclic amines) is 1. The number of hydrogen-bond acceptors (Lipinski definition) is 5. The molecule has 2 N–H and O–H groups in total. The van der Waals surface area contributed by atoms with E-state index in [1.165, 1.54) is 5.56 Å². The Morgan fingerprint density at radius 1 is 1.14 bits per heavy atom. The third kappa shape index (κ3) is 4.29. The van der Waals surface area contributed by atoms with Crippen LogP contribution in [0.1, 0.15) is 43.7 Å². The first-order valence-electron chi connectivity index (χ1n) is 11.9. The number of nitrogens with one attached hydrogen (secondary N) is 2. The number of piperidine rings is 1. The highest BCUT2D eigenvalue weighted by molar-refractivity contribution is 7.90. The second kappa shape index (κ2) is 9.03. The van der Waals surface area contributed by atoms with E-state index in [1.54, 1.807) is 31.4 Å². The lowest BCUT2D eigenvalue weighted by Crippen LogP contribution is -2.45. The number of aromatic nitrogens is 1. The Balaban J connectivity index is 1.33. The van der Waals surface area contributed by atoms with Crippen LogP contribution in [-0.2, 0) is 14.8 Å². The summed E-state index contributed by atoms with van der Waals surface area (Å²) in [5.41, 5.74) is 2.84. The minimum absolute atomic E-state index is 0.0601. The molecule has 1 amide bonds. The van der Waals surface area contributed by atoms with Crippen LogP contribution < -0.4 is 9.46 Å². The first kappa shape index (κ1) is 23.4. The Bertz CT molecular complexity index is 1400. The van der Waals surface area contributed by atoms with E-state index in [9.17, 15) is 13.2 Å². The minimum atomic E-state index is -3.65. The number of nitrogens with zero attached hydrogens (tertiary/aromatic N) is 2. The van der Waals surface area contributed by atoms with Gasteiger partial charge >= 0.3 is 0 Å². The fourth-order valence-corrected chi connectivity index (χ4v) is 6.28. The number of rotatable bonds is 5. The molecule has 5 rings (SSSR count). The Morgan fingerprint density at radius 3 is 2.60 bits per heavy atom. The lowest BCUT2D eigenvalue weighted by molar-refractivity contribution is -0.134. The average Bonchev–Trinajstić information content (AvgIpc) is 3.40. The molecular weight excluding hydrogens is 464 g/mol. The van der Waals surface area contributed by atoms with E-state index in [0.29, 0.717) is 24.6 Å². The fourth-order valence-electron chi connectivity index (χ4n) is 5.04. The first-order valence-corrected chi connectivity index (χ1v) is 13.4. The van der Waals surface area contributed by atoms with Crippen LogP contribution in [-0.4, -0.2) is 56.3 Å². The Morgan fingerprint density at radius 2 is 1.89 bits per heavy atom. The van der Waals surface area contributed by atoms with Crippen LogP contribution in [0.15, 0.2) is 58.5 Å². The van der Waals surface area contributed by atoms with Gasteiger partial charge in [-0.2, -0.15) is 0 Å². The zero-order chi connectivity index (χ0) is 24.7. The van der Waals surface area contributed by atoms with Crippen molar-refractivity contribution in [2.24, 2.45) is 10.9 Å². The molecule has 1 fully saturated rings. The van der Waals surface area contributed by atoms with Gasteiger partial charge in [-0.15, -0.1) is 0 Å². The molecule has 0 spiro atoms. The molecule has 3 heterocycles. The van der Waals surface area contributed by atoms with E-state index in [0.717, 1.165) is 29.5 Å². The molecule has 2 aliphatic rings. The molecule has 2 aliphatic heterocycles. The molecule has 0 radical (unpaired) electrons. The number of hydrogen-bond donors (Lipinski definition) is 2. The SMILES string of the molecule is COc1ccc2[nH]cc(C3CCN(C(=O)[C@@H](N=C4NS(=O)(=O)c5ccccc54)C(C)C)CC3)c2c1. The predicted molar refractivity (Wildman–Crippen MR) is 135 cm³/mol. The highest BCUT2D eigenvalue weighted by atomic mass is 32.2. The van der Waals surface area contributed by atoms with Gasteiger partial charge in [0.1, 0.15) is 17.6 Å². The van der Waals surface area contributed by atoms with Crippen molar-refractivity contribution in [2.45, 2.75) is 43.5 Å². The topological polar surface area (TPSA) is 104 Å². The third-order valence-corrected chi connectivity index (χ3v) is 8.38. The molecule has 1 atom stereocenters. The van der Waals surface area contributed by atoms with Crippen molar-refractivity contribution in [1.82, 2.24) is 14.6 Å². The molecule has 0 bridgehead atoms. The number of sulfonamides is 1. The van der Waals surface area contributed by atoms with Crippen LogP contribution in [0.2, 0.25) is 0 Å². The van der Waals surface area contributed by atoms with Crippen LogP contribution in [0.25, 0.3) is 10.9 Å². The number of carbonyl (C=O) groups is 1. The molecule has 184 valence electrons. The second-order valence-electron chi connectivity index (χ2n) is 9.52. The highest BCUT2D eigenvalue weighted by Gasteiger charge is 2.35. The van der Waals surface area contributed by atoms with Crippen molar-refractivity contribution in [1.29, 1.82) is 0 Å². The zero-order valence-electron chi connectivity index (χ0n) is 20.1. The summed E-state index contributed by atoms with van der Waals surface area (Å²) < 4.78 is 32.9. The van der Waals surface area contributed by atoms with Gasteiger partial charge in [0.05, 0.1) is 12.0 Å². The molecule has 0 saturated carbocycles. The largest absolute Gasteiger partial charge is 0.497 e. The molecule has 3 aromatic rings. The summed E-state index contributed by atoms with van der Waals surface area (Å²) in [5, 5.41) is 1.16. The number of carbonyl (C=O) groups excluding carboxylic acids is 1. The van der Waals surface area contributed by atoms with Crippen LogP contribution in [0, 0.1) is 5.92 Å². The summed E-state index contributed by atoms with van der Waals surface area (Å²) >= 11 is 0. The van der Waals surface area contributed by atoms with Gasteiger partial charge in [-0.05, 0) is 60.6 Å². The smallest absolute Gasteiger partial charge is 0.263 e. The molecule has 9 heteroatoms. The minimum Gasteiger partial charge on any atom is -0.497 e. The van der Waals surface area contributed by atoms with Gasteiger partial charge in [-0.25, -0.2) is 8.42 Å². The van der Waals surface area contributed by atoms with Crippen molar-refractivity contribution in [2.75, 3.05) is 20.2 Å². The fraction of sp³-hybridized carbons (Fsp3) is 0.385. The summed E-state index contributed by atoms with van der Waals surface area (Å²) in [4.78, 5) is 23.6. The Labute approximate surface area is 205 Å². The number of aromatic amines is 1. The maximum atomic E-state index is 13.5. The van der Waals surface area contributed by atoms with Gasteiger partial charge < -0.3 is 14.6 Å². The number of ether oxygens (including phenoxy) is 1. The van der Waals surface area contributed by atoms with Gasteiger partial charge in [0.2, 0.25) is 5.91 Å². The number of aliphatic imine (C=N–C) groups is 1. The molecule has 8 nitrogen and oxygen atoms in total. The van der Waals surface area contributed by atoms with Crippen molar-refractivity contribution in [3.05, 3.63) is 59.8 Å². The van der Waals surface area contributed by atoms with E-state index in [-0.39, 0.29) is 22.6 Å². The van der Waals surface area contributed by atoms with E-state index >= 15 is 0 Å². The molecule has 0 unspecified atom stereocenters. The Hall–Kier alpha value is -3.33. The van der Waals surface area contributed by atoms with Gasteiger partial charge in [0.25, 0.3) is 10.0 Å². The number of fused-ring (bicyclic) bond motifs is 2. The van der Waals surface area contributed by atoms with Crippen molar-refractivity contribution >= 4 is 32.7 Å². The first-order chi connectivity index (χ1) is 16.8. The predicted octanol–water partition coefficient (Wildman–Crippen LogP) is 3.65. The number of methoxy groups -OCH3 is 1. The molecule has 0 aliphatic carbocycles. The number of amidine groups is 1. The summed E-state index contributed by atoms with van der Waals surface area (Å²) in [5.74, 6) is 1.28. The van der Waals surface area contributed by atoms with E-state index < -0.39 is 16.1 Å². The summed E-state index contributed by atoms with van der Waals surface area (Å²) in [6, 6.07) is 12.1. The Kier molecular flexibility index (Phi) is 6.04. The summed E-state index contributed by atoms with van der Waals surface area (Å²) in [6.07, 6.45) is 3.78. The van der Waals surface area contributed by atoms with E-state index in [4.69, 9.17) is 4.74 Å².